The van der Waals surface area contributed by atoms with E-state index in [0.29, 0.717) is 33.7 Å². The van der Waals surface area contributed by atoms with Gasteiger partial charge in [-0.1, -0.05) is 61.2 Å². The number of carbonyl (C=O) groups is 3. The van der Waals surface area contributed by atoms with Gasteiger partial charge in [0.05, 0.1) is 34.8 Å². The lowest BCUT2D eigenvalue weighted by Gasteiger charge is -2.24. The summed E-state index contributed by atoms with van der Waals surface area (Å²) in [6, 6.07) is 16.0. The molecule has 4 aromatic rings. The first kappa shape index (κ1) is 28.8. The van der Waals surface area contributed by atoms with E-state index in [1.165, 1.54) is 23.0 Å². The number of anilines is 1. The molecule has 11 heteroatoms. The maximum Gasteiger partial charge on any atom is 0.379 e. The normalized spacial score (nSPS) is 16.7. The van der Waals surface area contributed by atoms with Crippen molar-refractivity contribution in [3.63, 3.8) is 0 Å². The molecule has 0 bridgehead atoms. The van der Waals surface area contributed by atoms with Crippen LogP contribution in [0.4, 0.5) is 5.69 Å². The van der Waals surface area contributed by atoms with Crippen LogP contribution in [0.25, 0.3) is 5.57 Å². The quantitative estimate of drug-likeness (QED) is 0.169. The molecule has 4 heterocycles. The van der Waals surface area contributed by atoms with Crippen molar-refractivity contribution in [2.45, 2.75) is 26.3 Å². The summed E-state index contributed by atoms with van der Waals surface area (Å²) >= 11 is 1.11. The second-order valence-corrected chi connectivity index (χ2v) is 11.1. The summed E-state index contributed by atoms with van der Waals surface area (Å²) < 4.78 is 17.6. The Kier molecular flexibility index (Phi) is 7.71. The highest BCUT2D eigenvalue weighted by Crippen LogP contribution is 2.36. The zero-order valence-electron chi connectivity index (χ0n) is 23.9. The minimum Gasteiger partial charge on any atom is -0.458 e. The highest BCUT2D eigenvalue weighted by atomic mass is 32.1. The smallest absolute Gasteiger partial charge is 0.379 e. The van der Waals surface area contributed by atoms with Crippen LogP contribution in [-0.4, -0.2) is 35.6 Å². The zero-order chi connectivity index (χ0) is 31.0. The number of benzene rings is 2. The molecule has 0 N–H and O–H groups in total. The van der Waals surface area contributed by atoms with Gasteiger partial charge in [0.15, 0.2) is 4.80 Å². The number of para-hydroxylation sites is 1. The Hall–Kier alpha value is -5.29. The lowest BCUT2D eigenvalue weighted by Crippen LogP contribution is -2.41. The van der Waals surface area contributed by atoms with Crippen LogP contribution < -0.4 is 24.5 Å². The predicted octanol–water partition coefficient (Wildman–Crippen LogP) is 3.90. The average molecular weight is 610 g/mol. The van der Waals surface area contributed by atoms with Crippen molar-refractivity contribution in [2.24, 2.45) is 4.99 Å². The minimum absolute atomic E-state index is 0.0306. The molecule has 6 rings (SSSR count). The van der Waals surface area contributed by atoms with Gasteiger partial charge in [-0.2, -0.15) is 0 Å². The van der Waals surface area contributed by atoms with Crippen LogP contribution in [-0.2, 0) is 14.3 Å². The van der Waals surface area contributed by atoms with Gasteiger partial charge in [0, 0.05) is 12.1 Å². The number of aromatic nitrogens is 1. The van der Waals surface area contributed by atoms with Crippen LogP contribution >= 0.6 is 11.3 Å². The first-order valence-electron chi connectivity index (χ1n) is 13.9. The number of allylic oxidation sites excluding steroid dienone is 1. The van der Waals surface area contributed by atoms with Crippen LogP contribution in [0.15, 0.2) is 105 Å². The molecule has 2 aliphatic heterocycles. The standard InChI is InChI=1S/C33H27N3O7S/c1-4-16-35-23-10-7-6-9-22(23)26(29(35)37)28-30(38)36-27(25(32(40)42-17-5-2)19(3)34-33(36)44-28)20-12-14-21(15-13-20)43-31(39)24-11-8-18-41-24/h5-15,18,27H,2,4,16-17H2,1,3H3/b28-26+. The number of fused-ring (bicyclic) bond motifs is 2. The molecule has 1 atom stereocenters. The van der Waals surface area contributed by atoms with Crippen LogP contribution in [0, 0.1) is 0 Å². The molecule has 1 amide bonds. The number of hydrogen-bond donors (Lipinski definition) is 0. The molecular weight excluding hydrogens is 582 g/mol. The summed E-state index contributed by atoms with van der Waals surface area (Å²) in [6.07, 6.45) is 3.57. The summed E-state index contributed by atoms with van der Waals surface area (Å²) in [5.41, 5.74) is 2.38. The fraction of sp³-hybridized carbons (Fsp3) is 0.182. The SMILES string of the molecule is C=CCOC(=O)C1=C(C)N=c2s/c(=C3/C(=O)N(CCC)c4ccccc43)c(=O)n2C1c1ccc(OC(=O)c2ccco2)cc1. The van der Waals surface area contributed by atoms with Crippen LogP contribution in [0.1, 0.15) is 48.0 Å². The van der Waals surface area contributed by atoms with Crippen LogP contribution in [0.2, 0.25) is 0 Å². The van der Waals surface area contributed by atoms with E-state index < -0.39 is 23.5 Å². The topological polar surface area (TPSA) is 120 Å². The van der Waals surface area contributed by atoms with E-state index in [4.69, 9.17) is 13.9 Å². The van der Waals surface area contributed by atoms with Crippen LogP contribution in [0.3, 0.4) is 0 Å². The monoisotopic (exact) mass is 609 g/mol. The number of thiazole rings is 1. The van der Waals surface area contributed by atoms with Crippen molar-refractivity contribution in [2.75, 3.05) is 18.1 Å². The van der Waals surface area contributed by atoms with Gasteiger partial charge in [-0.15, -0.1) is 0 Å². The number of ether oxygens (including phenoxy) is 2. The summed E-state index contributed by atoms with van der Waals surface area (Å²) in [6.45, 7) is 7.75. The Morgan fingerprint density at radius 1 is 1.07 bits per heavy atom. The molecule has 0 radical (unpaired) electrons. The largest absolute Gasteiger partial charge is 0.458 e. The molecule has 222 valence electrons. The van der Waals surface area contributed by atoms with Gasteiger partial charge < -0.3 is 18.8 Å². The van der Waals surface area contributed by atoms with Gasteiger partial charge in [0.1, 0.15) is 16.9 Å². The number of hydrogen-bond acceptors (Lipinski definition) is 9. The zero-order valence-corrected chi connectivity index (χ0v) is 24.8. The highest BCUT2D eigenvalue weighted by Gasteiger charge is 2.37. The lowest BCUT2D eigenvalue weighted by atomic mass is 9.96. The summed E-state index contributed by atoms with van der Waals surface area (Å²) in [5.74, 6) is -1.28. The molecule has 1 unspecified atom stereocenters. The maximum absolute atomic E-state index is 14.3. The summed E-state index contributed by atoms with van der Waals surface area (Å²) in [7, 11) is 0. The average Bonchev–Trinajstić information content (AvgIpc) is 3.74. The van der Waals surface area contributed by atoms with Crippen molar-refractivity contribution in [3.05, 3.63) is 127 Å². The van der Waals surface area contributed by atoms with E-state index in [2.05, 4.69) is 11.6 Å². The van der Waals surface area contributed by atoms with E-state index in [-0.39, 0.29) is 34.1 Å². The van der Waals surface area contributed by atoms with Gasteiger partial charge in [-0.05, 0) is 49.2 Å². The molecule has 0 saturated heterocycles. The van der Waals surface area contributed by atoms with Crippen LogP contribution in [0.5, 0.6) is 5.75 Å². The molecule has 10 nitrogen and oxygen atoms in total. The second-order valence-electron chi connectivity index (χ2n) is 10.1. The van der Waals surface area contributed by atoms with Crippen molar-refractivity contribution in [1.82, 2.24) is 4.57 Å². The van der Waals surface area contributed by atoms with Crippen molar-refractivity contribution < 1.29 is 28.3 Å². The second kappa shape index (κ2) is 11.8. The Balaban J connectivity index is 1.50. The fourth-order valence-electron chi connectivity index (χ4n) is 5.38. The number of carbonyl (C=O) groups excluding carboxylic acids is 3. The number of esters is 2. The van der Waals surface area contributed by atoms with Crippen molar-refractivity contribution in [3.8, 4) is 5.75 Å². The Labute approximate surface area is 255 Å². The third-order valence-corrected chi connectivity index (χ3v) is 8.33. The minimum atomic E-state index is -0.925. The summed E-state index contributed by atoms with van der Waals surface area (Å²) in [4.78, 5) is 60.4. The van der Waals surface area contributed by atoms with E-state index in [0.717, 1.165) is 23.4 Å². The van der Waals surface area contributed by atoms with Crippen molar-refractivity contribution in [1.29, 1.82) is 0 Å². The Morgan fingerprint density at radius 3 is 2.55 bits per heavy atom. The maximum atomic E-state index is 14.3. The van der Waals surface area contributed by atoms with E-state index in [9.17, 15) is 19.2 Å². The van der Waals surface area contributed by atoms with Crippen molar-refractivity contribution >= 4 is 40.4 Å². The predicted molar refractivity (Wildman–Crippen MR) is 163 cm³/mol. The third kappa shape index (κ3) is 4.90. The fourth-order valence-corrected chi connectivity index (χ4v) is 6.51. The molecule has 2 aromatic carbocycles. The van der Waals surface area contributed by atoms with Gasteiger partial charge in [0.2, 0.25) is 5.76 Å². The van der Waals surface area contributed by atoms with Gasteiger partial charge >= 0.3 is 11.9 Å². The molecule has 0 spiro atoms. The molecule has 2 aromatic heterocycles. The molecular formula is C33H27N3O7S. The molecule has 44 heavy (non-hydrogen) atoms. The molecule has 0 fully saturated rings. The molecule has 0 aliphatic carbocycles. The third-order valence-electron chi connectivity index (χ3n) is 7.28. The lowest BCUT2D eigenvalue weighted by molar-refractivity contribution is -0.138. The summed E-state index contributed by atoms with van der Waals surface area (Å²) in [5, 5.41) is 0. The number of rotatable bonds is 8. The Morgan fingerprint density at radius 2 is 1.84 bits per heavy atom. The number of nitrogens with zero attached hydrogens (tertiary/aromatic N) is 3. The molecule has 2 aliphatic rings. The van der Waals surface area contributed by atoms with E-state index in [1.807, 2.05) is 31.2 Å². The van der Waals surface area contributed by atoms with E-state index in [1.54, 1.807) is 42.2 Å². The van der Waals surface area contributed by atoms with Gasteiger partial charge in [-0.25, -0.2) is 14.6 Å². The highest BCUT2D eigenvalue weighted by molar-refractivity contribution is 7.07. The van der Waals surface area contributed by atoms with Gasteiger partial charge in [0.25, 0.3) is 11.5 Å². The first-order valence-corrected chi connectivity index (χ1v) is 14.8. The van der Waals surface area contributed by atoms with E-state index >= 15 is 0 Å². The first-order chi connectivity index (χ1) is 21.3. The number of furan rings is 1. The Bertz CT molecular complexity index is 2020. The molecule has 0 saturated carbocycles. The number of amides is 1. The van der Waals surface area contributed by atoms with Gasteiger partial charge in [-0.3, -0.25) is 14.2 Å².